The molecule has 1 aliphatic carbocycles. The Bertz CT molecular complexity index is 465. The third-order valence-corrected chi connectivity index (χ3v) is 4.44. The summed E-state index contributed by atoms with van der Waals surface area (Å²) in [7, 11) is 0. The van der Waals surface area contributed by atoms with Crippen LogP contribution < -0.4 is 10.6 Å². The number of rotatable bonds is 4. The molecule has 19 heavy (non-hydrogen) atoms. The highest BCUT2D eigenvalue weighted by molar-refractivity contribution is 5.76. The first-order chi connectivity index (χ1) is 9.18. The molecule has 5 nitrogen and oxygen atoms in total. The van der Waals surface area contributed by atoms with Crippen LogP contribution >= 0.6 is 0 Å². The quantitative estimate of drug-likeness (QED) is 0.859. The molecule has 1 amide bonds. The van der Waals surface area contributed by atoms with Gasteiger partial charge in [-0.1, -0.05) is 5.16 Å². The van der Waals surface area contributed by atoms with E-state index >= 15 is 0 Å². The molecule has 3 rings (SSSR count). The molecule has 1 aromatic rings. The molecule has 2 N–H and O–H groups in total. The van der Waals surface area contributed by atoms with Crippen LogP contribution in [-0.4, -0.2) is 29.2 Å². The van der Waals surface area contributed by atoms with E-state index in [-0.39, 0.29) is 11.4 Å². The number of nitrogens with one attached hydrogen (secondary N) is 2. The monoisotopic (exact) mass is 263 g/mol. The van der Waals surface area contributed by atoms with E-state index in [1.807, 2.05) is 13.0 Å². The minimum Gasteiger partial charge on any atom is -0.361 e. The zero-order valence-corrected chi connectivity index (χ0v) is 11.4. The number of aromatic nitrogens is 1. The highest BCUT2D eigenvalue weighted by Gasteiger charge is 2.47. The molecule has 1 saturated heterocycles. The molecular weight excluding hydrogens is 242 g/mol. The van der Waals surface area contributed by atoms with Gasteiger partial charge in [-0.15, -0.1) is 0 Å². The Kier molecular flexibility index (Phi) is 3.31. The number of hydrogen-bond donors (Lipinski definition) is 2. The first kappa shape index (κ1) is 12.7. The van der Waals surface area contributed by atoms with Gasteiger partial charge in [-0.05, 0) is 39.2 Å². The van der Waals surface area contributed by atoms with Gasteiger partial charge in [0.1, 0.15) is 5.76 Å². The summed E-state index contributed by atoms with van der Waals surface area (Å²) >= 11 is 0. The van der Waals surface area contributed by atoms with Crippen LogP contribution in [0.3, 0.4) is 0 Å². The van der Waals surface area contributed by atoms with Crippen molar-refractivity contribution in [3.8, 4) is 0 Å². The summed E-state index contributed by atoms with van der Waals surface area (Å²) in [4.78, 5) is 12.0. The van der Waals surface area contributed by atoms with Crippen molar-refractivity contribution >= 4 is 5.91 Å². The summed E-state index contributed by atoms with van der Waals surface area (Å²) in [6, 6.07) is 2.20. The number of aryl methyl sites for hydroxylation is 2. The van der Waals surface area contributed by atoms with Crippen molar-refractivity contribution in [3.05, 3.63) is 17.5 Å². The summed E-state index contributed by atoms with van der Waals surface area (Å²) < 4.78 is 5.00. The van der Waals surface area contributed by atoms with E-state index in [9.17, 15) is 4.79 Å². The fraction of sp³-hybridized carbons (Fsp3) is 0.714. The molecular formula is C14H21N3O2. The molecule has 0 radical (unpaired) electrons. The molecule has 2 heterocycles. The maximum Gasteiger partial charge on any atom is 0.220 e. The van der Waals surface area contributed by atoms with Crippen molar-refractivity contribution in [2.75, 3.05) is 6.54 Å². The highest BCUT2D eigenvalue weighted by Crippen LogP contribution is 2.39. The van der Waals surface area contributed by atoms with Gasteiger partial charge in [-0.3, -0.25) is 4.79 Å². The Hall–Kier alpha value is -1.36. The van der Waals surface area contributed by atoms with Crippen LogP contribution in [0.1, 0.15) is 43.6 Å². The van der Waals surface area contributed by atoms with Crippen molar-refractivity contribution in [3.63, 3.8) is 0 Å². The summed E-state index contributed by atoms with van der Waals surface area (Å²) in [5, 5.41) is 10.7. The Morgan fingerprint density at radius 1 is 1.63 bits per heavy atom. The van der Waals surface area contributed by atoms with Crippen molar-refractivity contribution in [1.29, 1.82) is 0 Å². The molecule has 104 valence electrons. The minimum atomic E-state index is 0.126. The van der Waals surface area contributed by atoms with Gasteiger partial charge < -0.3 is 15.2 Å². The third-order valence-electron chi connectivity index (χ3n) is 4.44. The third kappa shape index (κ3) is 2.52. The summed E-state index contributed by atoms with van der Waals surface area (Å²) in [5.74, 6) is 0.921. The van der Waals surface area contributed by atoms with E-state index < -0.39 is 0 Å². The number of carbonyl (C=O) groups excluding carboxylic acids is 1. The van der Waals surface area contributed by atoms with E-state index in [4.69, 9.17) is 4.52 Å². The van der Waals surface area contributed by atoms with Crippen LogP contribution in [0.5, 0.6) is 0 Å². The van der Waals surface area contributed by atoms with E-state index in [1.54, 1.807) is 0 Å². The number of amides is 1. The van der Waals surface area contributed by atoms with Gasteiger partial charge in [0.15, 0.2) is 0 Å². The van der Waals surface area contributed by atoms with Crippen molar-refractivity contribution in [2.24, 2.45) is 0 Å². The lowest BCUT2D eigenvalue weighted by atomic mass is 9.73. The molecule has 1 spiro atoms. The van der Waals surface area contributed by atoms with Gasteiger partial charge >= 0.3 is 0 Å². The number of carbonyl (C=O) groups is 1. The second kappa shape index (κ2) is 4.96. The molecule has 2 fully saturated rings. The van der Waals surface area contributed by atoms with Gasteiger partial charge in [0.25, 0.3) is 0 Å². The topological polar surface area (TPSA) is 67.2 Å². The smallest absolute Gasteiger partial charge is 0.220 e. The van der Waals surface area contributed by atoms with Gasteiger partial charge in [-0.2, -0.15) is 0 Å². The second-order valence-electron chi connectivity index (χ2n) is 5.77. The second-order valence-corrected chi connectivity index (χ2v) is 5.77. The minimum absolute atomic E-state index is 0.126. The first-order valence-electron chi connectivity index (χ1n) is 7.15. The van der Waals surface area contributed by atoms with Crippen molar-refractivity contribution < 1.29 is 9.32 Å². The molecule has 1 unspecified atom stereocenters. The predicted octanol–water partition coefficient (Wildman–Crippen LogP) is 1.32. The van der Waals surface area contributed by atoms with E-state index in [1.165, 1.54) is 19.3 Å². The standard InChI is InChI=1S/C14H21N3O2/c1-10-9-11(17-19-10)3-4-13(18)16-12-5-8-15-14(12)6-2-7-14/h9,12,15H,2-8H2,1H3,(H,16,18). The Morgan fingerprint density at radius 3 is 3.11 bits per heavy atom. The Morgan fingerprint density at radius 2 is 2.47 bits per heavy atom. The van der Waals surface area contributed by atoms with Crippen LogP contribution in [0.4, 0.5) is 0 Å². The number of nitrogens with zero attached hydrogens (tertiary/aromatic N) is 1. The summed E-state index contributed by atoms with van der Waals surface area (Å²) in [6.45, 7) is 2.88. The summed E-state index contributed by atoms with van der Waals surface area (Å²) in [6.07, 6.45) is 5.85. The predicted molar refractivity (Wildman–Crippen MR) is 70.7 cm³/mol. The van der Waals surface area contributed by atoms with E-state index in [2.05, 4.69) is 15.8 Å². The fourth-order valence-corrected chi connectivity index (χ4v) is 3.20. The molecule has 1 atom stereocenters. The molecule has 1 aliphatic heterocycles. The first-order valence-corrected chi connectivity index (χ1v) is 7.15. The number of hydrogen-bond acceptors (Lipinski definition) is 4. The Labute approximate surface area is 113 Å². The molecule has 2 aliphatic rings. The molecule has 1 aromatic heterocycles. The van der Waals surface area contributed by atoms with E-state index in [0.717, 1.165) is 24.4 Å². The molecule has 0 aromatic carbocycles. The average Bonchev–Trinajstić information content (AvgIpc) is 2.92. The molecule has 5 heteroatoms. The lowest BCUT2D eigenvalue weighted by Gasteiger charge is -2.43. The van der Waals surface area contributed by atoms with Crippen LogP contribution in [-0.2, 0) is 11.2 Å². The zero-order chi connectivity index (χ0) is 13.3. The molecule has 1 saturated carbocycles. The zero-order valence-electron chi connectivity index (χ0n) is 11.4. The van der Waals surface area contributed by atoms with Crippen molar-refractivity contribution in [2.45, 2.75) is 57.0 Å². The molecule has 0 bridgehead atoms. The van der Waals surface area contributed by atoms with Crippen LogP contribution in [0.25, 0.3) is 0 Å². The average molecular weight is 263 g/mol. The maximum atomic E-state index is 12.0. The van der Waals surface area contributed by atoms with Crippen LogP contribution in [0.15, 0.2) is 10.6 Å². The normalized spacial score (nSPS) is 24.4. The summed E-state index contributed by atoms with van der Waals surface area (Å²) in [5.41, 5.74) is 1.07. The van der Waals surface area contributed by atoms with E-state index in [0.29, 0.717) is 18.9 Å². The largest absolute Gasteiger partial charge is 0.361 e. The fourth-order valence-electron chi connectivity index (χ4n) is 3.20. The van der Waals surface area contributed by atoms with Crippen LogP contribution in [0.2, 0.25) is 0 Å². The van der Waals surface area contributed by atoms with Gasteiger partial charge in [0.2, 0.25) is 5.91 Å². The van der Waals surface area contributed by atoms with Gasteiger partial charge in [-0.25, -0.2) is 0 Å². The lowest BCUT2D eigenvalue weighted by molar-refractivity contribution is -0.122. The van der Waals surface area contributed by atoms with Gasteiger partial charge in [0.05, 0.1) is 5.69 Å². The Balaban J connectivity index is 1.48. The lowest BCUT2D eigenvalue weighted by Crippen LogP contribution is -2.59. The van der Waals surface area contributed by atoms with Crippen molar-refractivity contribution in [1.82, 2.24) is 15.8 Å². The van der Waals surface area contributed by atoms with Gasteiger partial charge in [0, 0.05) is 30.5 Å². The maximum absolute atomic E-state index is 12.0. The highest BCUT2D eigenvalue weighted by atomic mass is 16.5. The SMILES string of the molecule is Cc1cc(CCC(=O)NC2CCNC23CCC3)no1. The van der Waals surface area contributed by atoms with Crippen LogP contribution in [0, 0.1) is 6.92 Å².